The second kappa shape index (κ2) is 7.92. The van der Waals surface area contributed by atoms with E-state index in [2.05, 4.69) is 31.0 Å². The number of hydrogen-bond donors (Lipinski definition) is 1. The van der Waals surface area contributed by atoms with Crippen molar-refractivity contribution in [2.45, 2.75) is 38.1 Å². The first kappa shape index (κ1) is 17.7. The zero-order valence-electron chi connectivity index (χ0n) is 15.0. The van der Waals surface area contributed by atoms with Crippen molar-refractivity contribution in [3.8, 4) is 11.3 Å². The summed E-state index contributed by atoms with van der Waals surface area (Å²) >= 11 is 3.44. The van der Waals surface area contributed by atoms with Gasteiger partial charge in [-0.2, -0.15) is 5.10 Å². The monoisotopic (exact) mass is 416 g/mol. The maximum absolute atomic E-state index is 12.8. The SMILES string of the molecule is O=C(c1cc(-c2ccc(Br)cc2)n[nH]1)N1CCC(N2CCCCC2)CC1. The van der Waals surface area contributed by atoms with Crippen LogP contribution >= 0.6 is 15.9 Å². The first-order chi connectivity index (χ1) is 12.7. The lowest BCUT2D eigenvalue weighted by Gasteiger charge is -2.40. The number of rotatable bonds is 3. The fraction of sp³-hybridized carbons (Fsp3) is 0.500. The van der Waals surface area contributed by atoms with Gasteiger partial charge in [-0.05, 0) is 57.0 Å². The molecule has 2 aliphatic heterocycles. The van der Waals surface area contributed by atoms with E-state index in [1.165, 1.54) is 32.4 Å². The highest BCUT2D eigenvalue weighted by Gasteiger charge is 2.28. The van der Waals surface area contributed by atoms with Crippen LogP contribution in [-0.2, 0) is 0 Å². The van der Waals surface area contributed by atoms with Gasteiger partial charge in [0.2, 0.25) is 0 Å². The van der Waals surface area contributed by atoms with E-state index in [9.17, 15) is 4.79 Å². The van der Waals surface area contributed by atoms with Crippen molar-refractivity contribution >= 4 is 21.8 Å². The van der Waals surface area contributed by atoms with Gasteiger partial charge in [-0.15, -0.1) is 0 Å². The number of amides is 1. The number of benzene rings is 1. The van der Waals surface area contributed by atoms with Crippen molar-refractivity contribution in [2.75, 3.05) is 26.2 Å². The minimum atomic E-state index is 0.0676. The number of halogens is 1. The Morgan fingerprint density at radius 1 is 1.04 bits per heavy atom. The molecule has 2 fully saturated rings. The summed E-state index contributed by atoms with van der Waals surface area (Å²) in [6.45, 7) is 4.14. The molecule has 26 heavy (non-hydrogen) atoms. The van der Waals surface area contributed by atoms with Gasteiger partial charge in [0, 0.05) is 29.2 Å². The number of hydrogen-bond acceptors (Lipinski definition) is 3. The van der Waals surface area contributed by atoms with Crippen molar-refractivity contribution in [3.63, 3.8) is 0 Å². The summed E-state index contributed by atoms with van der Waals surface area (Å²) in [5.74, 6) is 0.0676. The Morgan fingerprint density at radius 3 is 2.42 bits per heavy atom. The summed E-state index contributed by atoms with van der Waals surface area (Å²) < 4.78 is 1.03. The van der Waals surface area contributed by atoms with Crippen LogP contribution in [0.3, 0.4) is 0 Å². The standard InChI is InChI=1S/C20H25BrN4O/c21-16-6-4-15(5-7-16)18-14-19(23-22-18)20(26)25-12-8-17(9-13-25)24-10-2-1-3-11-24/h4-7,14,17H,1-3,8-13H2,(H,22,23). The number of piperidine rings is 2. The first-order valence-electron chi connectivity index (χ1n) is 9.55. The van der Waals surface area contributed by atoms with Crippen LogP contribution < -0.4 is 0 Å². The van der Waals surface area contributed by atoms with Crippen LogP contribution in [0.1, 0.15) is 42.6 Å². The van der Waals surface area contributed by atoms with Gasteiger partial charge in [0.15, 0.2) is 0 Å². The topological polar surface area (TPSA) is 52.2 Å². The largest absolute Gasteiger partial charge is 0.337 e. The summed E-state index contributed by atoms with van der Waals surface area (Å²) in [6.07, 6.45) is 6.19. The van der Waals surface area contributed by atoms with Crippen molar-refractivity contribution in [3.05, 3.63) is 40.5 Å². The lowest BCUT2D eigenvalue weighted by Crippen LogP contribution is -2.48. The summed E-state index contributed by atoms with van der Waals surface area (Å²) in [7, 11) is 0. The molecule has 0 saturated carbocycles. The molecule has 138 valence electrons. The van der Waals surface area contributed by atoms with Gasteiger partial charge in [-0.3, -0.25) is 9.89 Å². The number of nitrogens with one attached hydrogen (secondary N) is 1. The average Bonchev–Trinajstić information content (AvgIpc) is 3.19. The Bertz CT molecular complexity index is 743. The van der Waals surface area contributed by atoms with Gasteiger partial charge in [0.05, 0.1) is 5.69 Å². The minimum absolute atomic E-state index is 0.0676. The molecule has 5 nitrogen and oxygen atoms in total. The summed E-state index contributed by atoms with van der Waals surface area (Å²) in [5, 5.41) is 7.25. The Morgan fingerprint density at radius 2 is 1.73 bits per heavy atom. The quantitative estimate of drug-likeness (QED) is 0.824. The lowest BCUT2D eigenvalue weighted by atomic mass is 9.99. The molecule has 6 heteroatoms. The molecule has 2 saturated heterocycles. The summed E-state index contributed by atoms with van der Waals surface area (Å²) in [6, 6.07) is 10.5. The molecule has 0 bridgehead atoms. The molecule has 1 amide bonds. The van der Waals surface area contributed by atoms with Crippen molar-refractivity contribution in [1.29, 1.82) is 0 Å². The molecule has 3 heterocycles. The molecule has 4 rings (SSSR count). The predicted molar refractivity (Wildman–Crippen MR) is 106 cm³/mol. The summed E-state index contributed by atoms with van der Waals surface area (Å²) in [5.41, 5.74) is 2.40. The van der Waals surface area contributed by atoms with Gasteiger partial charge in [0.1, 0.15) is 5.69 Å². The number of H-pyrrole nitrogens is 1. The van der Waals surface area contributed by atoms with Gasteiger partial charge in [-0.25, -0.2) is 0 Å². The third kappa shape index (κ3) is 3.86. The van der Waals surface area contributed by atoms with Crippen LogP contribution in [0.5, 0.6) is 0 Å². The minimum Gasteiger partial charge on any atom is -0.337 e. The first-order valence-corrected chi connectivity index (χ1v) is 10.3. The highest BCUT2D eigenvalue weighted by atomic mass is 79.9. The molecule has 1 aromatic heterocycles. The normalized spacial score (nSPS) is 19.7. The second-order valence-corrected chi connectivity index (χ2v) is 8.21. The van der Waals surface area contributed by atoms with Crippen LogP contribution in [0.4, 0.5) is 0 Å². The Kier molecular flexibility index (Phi) is 5.41. The molecular weight excluding hydrogens is 392 g/mol. The zero-order valence-corrected chi connectivity index (χ0v) is 16.5. The fourth-order valence-electron chi connectivity index (χ4n) is 4.09. The zero-order chi connectivity index (χ0) is 17.9. The maximum atomic E-state index is 12.8. The Balaban J connectivity index is 1.37. The van der Waals surface area contributed by atoms with Crippen molar-refractivity contribution in [2.24, 2.45) is 0 Å². The number of aromatic amines is 1. The molecule has 0 unspecified atom stereocenters. The van der Waals surface area contributed by atoms with Crippen LogP contribution in [0.15, 0.2) is 34.8 Å². The van der Waals surface area contributed by atoms with Gasteiger partial charge in [-0.1, -0.05) is 34.5 Å². The average molecular weight is 417 g/mol. The summed E-state index contributed by atoms with van der Waals surface area (Å²) in [4.78, 5) is 17.4. The molecule has 2 aliphatic rings. The maximum Gasteiger partial charge on any atom is 0.271 e. The third-order valence-electron chi connectivity index (χ3n) is 5.61. The van der Waals surface area contributed by atoms with Crippen molar-refractivity contribution in [1.82, 2.24) is 20.0 Å². The van der Waals surface area contributed by atoms with Gasteiger partial charge in [0.25, 0.3) is 5.91 Å². The number of likely N-dealkylation sites (tertiary alicyclic amines) is 2. The molecule has 0 aliphatic carbocycles. The van der Waals surface area contributed by atoms with E-state index >= 15 is 0 Å². The molecule has 0 radical (unpaired) electrons. The van der Waals surface area contributed by atoms with Crippen LogP contribution in [0, 0.1) is 0 Å². The molecular formula is C20H25BrN4O. The Hall–Kier alpha value is -1.66. The van der Waals surface area contributed by atoms with Crippen LogP contribution in [-0.4, -0.2) is 58.1 Å². The lowest BCUT2D eigenvalue weighted by molar-refractivity contribution is 0.0585. The number of carbonyl (C=O) groups is 1. The van der Waals surface area contributed by atoms with E-state index in [0.29, 0.717) is 11.7 Å². The van der Waals surface area contributed by atoms with E-state index in [1.54, 1.807) is 0 Å². The highest BCUT2D eigenvalue weighted by molar-refractivity contribution is 9.10. The molecule has 0 spiro atoms. The number of aromatic nitrogens is 2. The molecule has 2 aromatic rings. The third-order valence-corrected chi connectivity index (χ3v) is 6.14. The van der Waals surface area contributed by atoms with Crippen molar-refractivity contribution < 1.29 is 4.79 Å². The fourth-order valence-corrected chi connectivity index (χ4v) is 4.35. The molecule has 0 atom stereocenters. The van der Waals surface area contributed by atoms with E-state index < -0.39 is 0 Å². The van der Waals surface area contributed by atoms with E-state index in [1.807, 2.05) is 35.2 Å². The smallest absolute Gasteiger partial charge is 0.271 e. The highest BCUT2D eigenvalue weighted by Crippen LogP contribution is 2.24. The van der Waals surface area contributed by atoms with E-state index in [0.717, 1.165) is 41.7 Å². The van der Waals surface area contributed by atoms with Gasteiger partial charge >= 0.3 is 0 Å². The number of nitrogens with zero attached hydrogens (tertiary/aromatic N) is 3. The Labute approximate surface area is 162 Å². The van der Waals surface area contributed by atoms with Gasteiger partial charge < -0.3 is 9.80 Å². The van der Waals surface area contributed by atoms with Crippen LogP contribution in [0.2, 0.25) is 0 Å². The van der Waals surface area contributed by atoms with Crippen LogP contribution in [0.25, 0.3) is 11.3 Å². The molecule has 1 aromatic carbocycles. The predicted octanol–water partition coefficient (Wildman–Crippen LogP) is 3.93. The van der Waals surface area contributed by atoms with E-state index in [4.69, 9.17) is 0 Å². The second-order valence-electron chi connectivity index (χ2n) is 7.29. The number of carbonyl (C=O) groups excluding carboxylic acids is 1. The molecule has 1 N–H and O–H groups in total. The van der Waals surface area contributed by atoms with E-state index in [-0.39, 0.29) is 5.91 Å².